The lowest BCUT2D eigenvalue weighted by atomic mass is 10.2. The van der Waals surface area contributed by atoms with E-state index in [2.05, 4.69) is 34.6 Å². The van der Waals surface area contributed by atoms with Crippen molar-refractivity contribution in [1.29, 1.82) is 0 Å². The topological polar surface area (TPSA) is 53.1 Å². The third-order valence-electron chi connectivity index (χ3n) is 2.22. The van der Waals surface area contributed by atoms with Gasteiger partial charge in [0.2, 0.25) is 0 Å². The summed E-state index contributed by atoms with van der Waals surface area (Å²) in [5, 5.41) is 4.40. The summed E-state index contributed by atoms with van der Waals surface area (Å²) in [7, 11) is 1.69. The van der Waals surface area contributed by atoms with Gasteiger partial charge in [-0.05, 0) is 35.9 Å². The van der Waals surface area contributed by atoms with E-state index in [0.29, 0.717) is 6.61 Å². The molecule has 5 heteroatoms. The van der Waals surface area contributed by atoms with E-state index < -0.39 is 0 Å². The second kappa shape index (κ2) is 4.97. The van der Waals surface area contributed by atoms with Gasteiger partial charge in [-0.25, -0.2) is 4.68 Å². The first-order valence-corrected chi connectivity index (χ1v) is 5.68. The van der Waals surface area contributed by atoms with Crippen molar-refractivity contribution in [2.45, 2.75) is 26.3 Å². The molecule has 0 saturated heterocycles. The van der Waals surface area contributed by atoms with Crippen LogP contribution < -0.4 is 5.73 Å². The second-order valence-electron chi connectivity index (χ2n) is 3.25. The standard InChI is InChI=1S/C9H16IN3O/c1-4-7(5-14-3)13-9(11)8(10)6(2)12-13/h7H,4-5,11H2,1-3H3. The van der Waals surface area contributed by atoms with Crippen LogP contribution in [0.15, 0.2) is 0 Å². The quantitative estimate of drug-likeness (QED) is 0.865. The second-order valence-corrected chi connectivity index (χ2v) is 4.33. The summed E-state index contributed by atoms with van der Waals surface area (Å²) >= 11 is 2.22. The Morgan fingerprint density at radius 3 is 2.64 bits per heavy atom. The van der Waals surface area contributed by atoms with Gasteiger partial charge < -0.3 is 10.5 Å². The number of rotatable bonds is 4. The van der Waals surface area contributed by atoms with Gasteiger partial charge in [0.1, 0.15) is 5.82 Å². The Kier molecular flexibility index (Phi) is 4.18. The Labute approximate surface area is 97.9 Å². The molecule has 80 valence electrons. The van der Waals surface area contributed by atoms with Gasteiger partial charge >= 0.3 is 0 Å². The minimum Gasteiger partial charge on any atom is -0.383 e. The van der Waals surface area contributed by atoms with E-state index in [4.69, 9.17) is 10.5 Å². The molecule has 1 unspecified atom stereocenters. The van der Waals surface area contributed by atoms with Gasteiger partial charge in [-0.15, -0.1) is 0 Å². The van der Waals surface area contributed by atoms with Crippen LogP contribution in [0.2, 0.25) is 0 Å². The number of hydrogen-bond acceptors (Lipinski definition) is 3. The number of halogens is 1. The lowest BCUT2D eigenvalue weighted by Crippen LogP contribution is -2.17. The maximum Gasteiger partial charge on any atom is 0.135 e. The first kappa shape index (κ1) is 11.8. The van der Waals surface area contributed by atoms with Crippen LogP contribution in [-0.4, -0.2) is 23.5 Å². The van der Waals surface area contributed by atoms with Crippen molar-refractivity contribution < 1.29 is 4.74 Å². The highest BCUT2D eigenvalue weighted by atomic mass is 127. The molecule has 1 atom stereocenters. The van der Waals surface area contributed by atoms with Crippen molar-refractivity contribution in [2.75, 3.05) is 19.5 Å². The van der Waals surface area contributed by atoms with Crippen LogP contribution in [0.25, 0.3) is 0 Å². The minimum absolute atomic E-state index is 0.238. The maximum absolute atomic E-state index is 5.95. The first-order valence-electron chi connectivity index (χ1n) is 4.60. The van der Waals surface area contributed by atoms with Crippen LogP contribution in [0.4, 0.5) is 5.82 Å². The Hall–Kier alpha value is -0.300. The zero-order valence-electron chi connectivity index (χ0n) is 8.75. The van der Waals surface area contributed by atoms with Crippen molar-refractivity contribution in [3.05, 3.63) is 9.26 Å². The average Bonchev–Trinajstić information content (AvgIpc) is 2.42. The van der Waals surface area contributed by atoms with Crippen LogP contribution in [0, 0.1) is 10.5 Å². The number of anilines is 1. The van der Waals surface area contributed by atoms with Crippen LogP contribution in [0.3, 0.4) is 0 Å². The number of nitrogens with zero attached hydrogens (tertiary/aromatic N) is 2. The molecule has 0 aromatic carbocycles. The molecule has 0 spiro atoms. The molecule has 2 N–H and O–H groups in total. The number of aryl methyl sites for hydroxylation is 1. The van der Waals surface area contributed by atoms with Crippen molar-refractivity contribution in [1.82, 2.24) is 9.78 Å². The molecule has 0 fully saturated rings. The highest BCUT2D eigenvalue weighted by molar-refractivity contribution is 14.1. The van der Waals surface area contributed by atoms with Crippen LogP contribution in [0.5, 0.6) is 0 Å². The van der Waals surface area contributed by atoms with Gasteiger partial charge in [0.05, 0.1) is 21.9 Å². The molecule has 0 saturated carbocycles. The monoisotopic (exact) mass is 309 g/mol. The SMILES string of the molecule is CCC(COC)n1nc(C)c(I)c1N. The van der Waals surface area contributed by atoms with E-state index in [0.717, 1.165) is 21.5 Å². The van der Waals surface area contributed by atoms with Gasteiger partial charge in [-0.3, -0.25) is 0 Å². The third kappa shape index (κ3) is 2.20. The lowest BCUT2D eigenvalue weighted by molar-refractivity contribution is 0.148. The Balaban J connectivity index is 2.98. The Morgan fingerprint density at radius 1 is 1.64 bits per heavy atom. The smallest absolute Gasteiger partial charge is 0.135 e. The molecule has 0 amide bonds. The fourth-order valence-corrected chi connectivity index (χ4v) is 1.73. The molecule has 0 aliphatic rings. The van der Waals surface area contributed by atoms with E-state index in [-0.39, 0.29) is 6.04 Å². The molecule has 4 nitrogen and oxygen atoms in total. The summed E-state index contributed by atoms with van der Waals surface area (Å²) < 4.78 is 8.04. The fourth-order valence-electron chi connectivity index (χ4n) is 1.38. The number of nitrogens with two attached hydrogens (primary N) is 1. The minimum atomic E-state index is 0.238. The van der Waals surface area contributed by atoms with Crippen LogP contribution >= 0.6 is 22.6 Å². The van der Waals surface area contributed by atoms with Crippen molar-refractivity contribution >= 4 is 28.4 Å². The van der Waals surface area contributed by atoms with E-state index in [1.165, 1.54) is 0 Å². The molecule has 0 aliphatic heterocycles. The van der Waals surface area contributed by atoms with E-state index in [1.807, 2.05) is 11.6 Å². The first-order chi connectivity index (χ1) is 6.61. The predicted octanol–water partition coefficient (Wildman–Crippen LogP) is 1.98. The Morgan fingerprint density at radius 2 is 2.29 bits per heavy atom. The zero-order chi connectivity index (χ0) is 10.7. The molecule has 0 radical (unpaired) electrons. The van der Waals surface area contributed by atoms with Gasteiger partial charge in [0.25, 0.3) is 0 Å². The number of methoxy groups -OCH3 is 1. The molecule has 0 bridgehead atoms. The van der Waals surface area contributed by atoms with Gasteiger partial charge in [-0.1, -0.05) is 6.92 Å². The summed E-state index contributed by atoms with van der Waals surface area (Å²) in [6, 6.07) is 0.238. The summed E-state index contributed by atoms with van der Waals surface area (Å²) in [5.41, 5.74) is 6.93. The molecule has 0 aliphatic carbocycles. The van der Waals surface area contributed by atoms with Gasteiger partial charge in [0, 0.05) is 7.11 Å². The summed E-state index contributed by atoms with van der Waals surface area (Å²) in [6.45, 7) is 4.72. The maximum atomic E-state index is 5.95. The lowest BCUT2D eigenvalue weighted by Gasteiger charge is -2.15. The normalized spacial score (nSPS) is 13.1. The van der Waals surface area contributed by atoms with Crippen molar-refractivity contribution in [3.8, 4) is 0 Å². The third-order valence-corrected chi connectivity index (χ3v) is 3.56. The predicted molar refractivity (Wildman–Crippen MR) is 65.3 cm³/mol. The number of ether oxygens (including phenoxy) is 1. The number of nitrogen functional groups attached to an aromatic ring is 1. The summed E-state index contributed by atoms with van der Waals surface area (Å²) in [5.74, 6) is 0.743. The molecular formula is C9H16IN3O. The largest absolute Gasteiger partial charge is 0.383 e. The number of aromatic nitrogens is 2. The molecule has 1 aromatic heterocycles. The highest BCUT2D eigenvalue weighted by Crippen LogP contribution is 2.23. The van der Waals surface area contributed by atoms with E-state index >= 15 is 0 Å². The zero-order valence-corrected chi connectivity index (χ0v) is 10.9. The van der Waals surface area contributed by atoms with Crippen molar-refractivity contribution in [3.63, 3.8) is 0 Å². The molecule has 1 rings (SSSR count). The molecule has 1 heterocycles. The fraction of sp³-hybridized carbons (Fsp3) is 0.667. The van der Waals surface area contributed by atoms with Gasteiger partial charge in [-0.2, -0.15) is 5.10 Å². The van der Waals surface area contributed by atoms with Gasteiger partial charge in [0.15, 0.2) is 0 Å². The van der Waals surface area contributed by atoms with E-state index in [9.17, 15) is 0 Å². The summed E-state index contributed by atoms with van der Waals surface area (Å²) in [6.07, 6.45) is 0.968. The van der Waals surface area contributed by atoms with E-state index in [1.54, 1.807) is 7.11 Å². The molecule has 14 heavy (non-hydrogen) atoms. The van der Waals surface area contributed by atoms with Crippen molar-refractivity contribution in [2.24, 2.45) is 0 Å². The van der Waals surface area contributed by atoms with Crippen LogP contribution in [-0.2, 0) is 4.74 Å². The van der Waals surface area contributed by atoms with Crippen LogP contribution in [0.1, 0.15) is 25.1 Å². The highest BCUT2D eigenvalue weighted by Gasteiger charge is 2.16. The number of hydrogen-bond donors (Lipinski definition) is 1. The molecular weight excluding hydrogens is 293 g/mol. The Bertz CT molecular complexity index is 311. The average molecular weight is 309 g/mol. The summed E-state index contributed by atoms with van der Waals surface area (Å²) in [4.78, 5) is 0. The molecule has 1 aromatic rings.